The molecule has 26 heavy (non-hydrogen) atoms. The predicted molar refractivity (Wildman–Crippen MR) is 93.5 cm³/mol. The van der Waals surface area contributed by atoms with Crippen molar-refractivity contribution in [2.75, 3.05) is 29.2 Å². The molecule has 2 aromatic carbocycles. The van der Waals surface area contributed by atoms with E-state index in [9.17, 15) is 14.4 Å². The first kappa shape index (κ1) is 15.9. The van der Waals surface area contributed by atoms with Crippen LogP contribution in [0.1, 0.15) is 5.56 Å². The number of anilines is 3. The number of rotatable bonds is 3. The van der Waals surface area contributed by atoms with E-state index in [1.807, 2.05) is 0 Å². The quantitative estimate of drug-likeness (QED) is 0.776. The standard InChI is InChI=1S/C18H15N3O5/c22-16(6-10-1-4-14-13(5-10)21-18(24)8-25-14)19-11-2-3-12-15(7-11)26-9-17(23)20-12/h1-5,7H,6,8-9H2,(H,19,22)(H,20,23)(H,21,24). The molecule has 0 aliphatic carbocycles. The first-order chi connectivity index (χ1) is 12.6. The Bertz CT molecular complexity index is 925. The van der Waals surface area contributed by atoms with Gasteiger partial charge in [0.05, 0.1) is 17.8 Å². The Labute approximate surface area is 148 Å². The lowest BCUT2D eigenvalue weighted by Gasteiger charge is -2.19. The van der Waals surface area contributed by atoms with Gasteiger partial charge >= 0.3 is 0 Å². The van der Waals surface area contributed by atoms with Crippen molar-refractivity contribution in [1.82, 2.24) is 0 Å². The van der Waals surface area contributed by atoms with Crippen LogP contribution < -0.4 is 25.4 Å². The van der Waals surface area contributed by atoms with E-state index in [0.29, 0.717) is 28.6 Å². The highest BCUT2D eigenvalue weighted by atomic mass is 16.5. The summed E-state index contributed by atoms with van der Waals surface area (Å²) in [6.45, 7) is -0.0546. The van der Waals surface area contributed by atoms with Gasteiger partial charge in [-0.1, -0.05) is 6.07 Å². The van der Waals surface area contributed by atoms with Crippen LogP contribution in [0.3, 0.4) is 0 Å². The van der Waals surface area contributed by atoms with E-state index >= 15 is 0 Å². The first-order valence-corrected chi connectivity index (χ1v) is 7.99. The second kappa shape index (κ2) is 6.40. The molecule has 0 unspecified atom stereocenters. The Morgan fingerprint density at radius 2 is 1.65 bits per heavy atom. The summed E-state index contributed by atoms with van der Waals surface area (Å²) >= 11 is 0. The van der Waals surface area contributed by atoms with Crippen LogP contribution in [0.2, 0.25) is 0 Å². The number of hydrogen-bond acceptors (Lipinski definition) is 5. The minimum Gasteiger partial charge on any atom is -0.482 e. The van der Waals surface area contributed by atoms with Crippen LogP contribution in [0.15, 0.2) is 36.4 Å². The van der Waals surface area contributed by atoms with Crippen molar-refractivity contribution in [2.24, 2.45) is 0 Å². The average molecular weight is 353 g/mol. The normalized spacial score (nSPS) is 14.8. The third-order valence-corrected chi connectivity index (χ3v) is 3.94. The Hall–Kier alpha value is -3.55. The SMILES string of the molecule is O=C(Cc1ccc2c(c1)NC(=O)CO2)Nc1ccc2c(c1)OCC(=O)N2. The fraction of sp³-hybridized carbons (Fsp3) is 0.167. The number of benzene rings is 2. The van der Waals surface area contributed by atoms with Crippen LogP contribution in [0, 0.1) is 0 Å². The van der Waals surface area contributed by atoms with E-state index in [0.717, 1.165) is 5.56 Å². The minimum atomic E-state index is -0.222. The van der Waals surface area contributed by atoms with Crippen LogP contribution in [0.5, 0.6) is 11.5 Å². The zero-order valence-electron chi connectivity index (χ0n) is 13.6. The largest absolute Gasteiger partial charge is 0.482 e. The van der Waals surface area contributed by atoms with Gasteiger partial charge in [0.1, 0.15) is 11.5 Å². The summed E-state index contributed by atoms with van der Waals surface area (Å²) in [6.07, 6.45) is 0.137. The summed E-state index contributed by atoms with van der Waals surface area (Å²) in [4.78, 5) is 35.0. The van der Waals surface area contributed by atoms with Crippen molar-refractivity contribution < 1.29 is 23.9 Å². The van der Waals surface area contributed by atoms with Gasteiger partial charge in [-0.2, -0.15) is 0 Å². The van der Waals surface area contributed by atoms with Crippen molar-refractivity contribution in [1.29, 1.82) is 0 Å². The van der Waals surface area contributed by atoms with Crippen LogP contribution in [0.25, 0.3) is 0 Å². The van der Waals surface area contributed by atoms with E-state index in [4.69, 9.17) is 9.47 Å². The summed E-state index contributed by atoms with van der Waals surface area (Å²) in [6, 6.07) is 10.2. The smallest absolute Gasteiger partial charge is 0.262 e. The summed E-state index contributed by atoms with van der Waals surface area (Å²) in [5, 5.41) is 8.19. The van der Waals surface area contributed by atoms with Gasteiger partial charge in [-0.3, -0.25) is 14.4 Å². The first-order valence-electron chi connectivity index (χ1n) is 7.99. The lowest BCUT2D eigenvalue weighted by atomic mass is 10.1. The van der Waals surface area contributed by atoms with E-state index < -0.39 is 0 Å². The highest BCUT2D eigenvalue weighted by molar-refractivity contribution is 5.98. The molecule has 3 amide bonds. The maximum atomic E-state index is 12.3. The Morgan fingerprint density at radius 1 is 0.923 bits per heavy atom. The fourth-order valence-corrected chi connectivity index (χ4v) is 2.78. The molecular formula is C18H15N3O5. The number of fused-ring (bicyclic) bond motifs is 2. The molecule has 2 aliphatic rings. The van der Waals surface area contributed by atoms with Gasteiger partial charge < -0.3 is 25.4 Å². The third kappa shape index (κ3) is 3.30. The molecule has 0 radical (unpaired) electrons. The molecule has 0 spiro atoms. The molecule has 0 aromatic heterocycles. The van der Waals surface area contributed by atoms with Gasteiger partial charge in [-0.15, -0.1) is 0 Å². The van der Waals surface area contributed by atoms with Crippen LogP contribution >= 0.6 is 0 Å². The minimum absolute atomic E-state index is 0.00626. The molecule has 8 heteroatoms. The van der Waals surface area contributed by atoms with Crippen molar-refractivity contribution in [3.8, 4) is 11.5 Å². The predicted octanol–water partition coefficient (Wildman–Crippen LogP) is 1.53. The van der Waals surface area contributed by atoms with E-state index in [1.165, 1.54) is 0 Å². The summed E-state index contributed by atoms with van der Waals surface area (Å²) in [5.41, 5.74) is 2.45. The molecule has 4 rings (SSSR count). The number of carbonyl (C=O) groups is 3. The zero-order valence-corrected chi connectivity index (χ0v) is 13.6. The van der Waals surface area contributed by atoms with Gasteiger partial charge in [0.15, 0.2) is 13.2 Å². The molecule has 132 valence electrons. The van der Waals surface area contributed by atoms with E-state index in [1.54, 1.807) is 36.4 Å². The van der Waals surface area contributed by atoms with Gasteiger partial charge in [0.2, 0.25) is 5.91 Å². The van der Waals surface area contributed by atoms with Gasteiger partial charge in [0.25, 0.3) is 11.8 Å². The Kier molecular flexibility index (Phi) is 3.92. The number of hydrogen-bond donors (Lipinski definition) is 3. The number of carbonyl (C=O) groups excluding carboxylic acids is 3. The molecule has 0 fully saturated rings. The van der Waals surface area contributed by atoms with E-state index in [2.05, 4.69) is 16.0 Å². The maximum Gasteiger partial charge on any atom is 0.262 e. The van der Waals surface area contributed by atoms with E-state index in [-0.39, 0.29) is 37.4 Å². The highest BCUT2D eigenvalue weighted by Crippen LogP contribution is 2.31. The molecule has 2 aromatic rings. The van der Waals surface area contributed by atoms with Crippen LogP contribution in [0.4, 0.5) is 17.1 Å². The summed E-state index contributed by atoms with van der Waals surface area (Å²) in [7, 11) is 0. The number of amides is 3. The number of ether oxygens (including phenoxy) is 2. The third-order valence-electron chi connectivity index (χ3n) is 3.94. The van der Waals surface area contributed by atoms with Crippen molar-refractivity contribution >= 4 is 34.8 Å². The van der Waals surface area contributed by atoms with Crippen LogP contribution in [-0.4, -0.2) is 30.9 Å². The lowest BCUT2D eigenvalue weighted by Crippen LogP contribution is -2.25. The molecule has 0 saturated carbocycles. The molecule has 0 bridgehead atoms. The molecular weight excluding hydrogens is 338 g/mol. The van der Waals surface area contributed by atoms with Gasteiger partial charge in [0, 0.05) is 11.8 Å². The Balaban J connectivity index is 1.44. The van der Waals surface area contributed by atoms with Crippen molar-refractivity contribution in [3.63, 3.8) is 0 Å². The highest BCUT2D eigenvalue weighted by Gasteiger charge is 2.18. The van der Waals surface area contributed by atoms with Crippen molar-refractivity contribution in [3.05, 3.63) is 42.0 Å². The average Bonchev–Trinajstić information content (AvgIpc) is 2.61. The summed E-state index contributed by atoms with van der Waals surface area (Å²) < 4.78 is 10.6. The number of nitrogens with one attached hydrogen (secondary N) is 3. The zero-order chi connectivity index (χ0) is 18.1. The topological polar surface area (TPSA) is 106 Å². The molecule has 2 heterocycles. The fourth-order valence-electron chi connectivity index (χ4n) is 2.78. The molecule has 2 aliphatic heterocycles. The molecule has 8 nitrogen and oxygen atoms in total. The second-order valence-electron chi connectivity index (χ2n) is 5.94. The Morgan fingerprint density at radius 3 is 2.46 bits per heavy atom. The molecule has 0 atom stereocenters. The summed E-state index contributed by atoms with van der Waals surface area (Å²) in [5.74, 6) is 0.449. The van der Waals surface area contributed by atoms with Gasteiger partial charge in [-0.25, -0.2) is 0 Å². The van der Waals surface area contributed by atoms with Crippen LogP contribution in [-0.2, 0) is 20.8 Å². The second-order valence-corrected chi connectivity index (χ2v) is 5.94. The van der Waals surface area contributed by atoms with Crippen molar-refractivity contribution in [2.45, 2.75) is 6.42 Å². The molecule has 0 saturated heterocycles. The molecule has 3 N–H and O–H groups in total. The monoisotopic (exact) mass is 353 g/mol. The van der Waals surface area contributed by atoms with Gasteiger partial charge in [-0.05, 0) is 29.8 Å². The lowest BCUT2D eigenvalue weighted by molar-refractivity contribution is -0.119. The maximum absolute atomic E-state index is 12.3.